The van der Waals surface area contributed by atoms with Gasteiger partial charge < -0.3 is 15.4 Å². The van der Waals surface area contributed by atoms with Gasteiger partial charge in [0.05, 0.1) is 13.2 Å². The fourth-order valence-corrected chi connectivity index (χ4v) is 3.18. The van der Waals surface area contributed by atoms with E-state index in [1.807, 2.05) is 29.9 Å². The van der Waals surface area contributed by atoms with Crippen molar-refractivity contribution in [2.75, 3.05) is 13.7 Å². The van der Waals surface area contributed by atoms with Crippen molar-refractivity contribution in [3.05, 3.63) is 83.2 Å². The summed E-state index contributed by atoms with van der Waals surface area (Å²) < 4.78 is 7.54. The second-order valence-electron chi connectivity index (χ2n) is 6.78. The Morgan fingerprint density at radius 2 is 1.83 bits per heavy atom. The number of hydrogen-bond acceptors (Lipinski definition) is 3. The second kappa shape index (κ2) is 12.2. The SMILES string of the molecule is CCOc1ccc(CNC(=NC)NCc2ccccc2Cn2cccn2)cc1C.I. The minimum absolute atomic E-state index is 0. The summed E-state index contributed by atoms with van der Waals surface area (Å²) in [4.78, 5) is 4.35. The fraction of sp³-hybridized carbons (Fsp3) is 0.304. The number of hydrogen-bond donors (Lipinski definition) is 2. The van der Waals surface area contributed by atoms with E-state index >= 15 is 0 Å². The quantitative estimate of drug-likeness (QED) is 0.267. The molecule has 0 amide bonds. The predicted molar refractivity (Wildman–Crippen MR) is 133 cm³/mol. The molecule has 1 heterocycles. The summed E-state index contributed by atoms with van der Waals surface area (Å²) in [6.45, 7) is 6.89. The Balaban J connectivity index is 0.00000320. The Bertz CT molecular complexity index is 941. The van der Waals surface area contributed by atoms with Gasteiger partial charge in [0.1, 0.15) is 5.75 Å². The molecule has 7 heteroatoms. The minimum Gasteiger partial charge on any atom is -0.494 e. The van der Waals surface area contributed by atoms with Crippen LogP contribution in [0.1, 0.15) is 29.2 Å². The normalized spacial score (nSPS) is 11.0. The maximum absolute atomic E-state index is 5.61. The molecule has 2 aromatic carbocycles. The van der Waals surface area contributed by atoms with Gasteiger partial charge in [-0.25, -0.2) is 0 Å². The van der Waals surface area contributed by atoms with Crippen LogP contribution < -0.4 is 15.4 Å². The predicted octanol–water partition coefficient (Wildman–Crippen LogP) is 4.12. The molecule has 0 fully saturated rings. The Hall–Kier alpha value is -2.55. The first-order chi connectivity index (χ1) is 14.2. The van der Waals surface area contributed by atoms with E-state index in [0.717, 1.165) is 23.8 Å². The molecule has 6 nitrogen and oxygen atoms in total. The number of nitrogens with one attached hydrogen (secondary N) is 2. The van der Waals surface area contributed by atoms with Crippen molar-refractivity contribution in [3.8, 4) is 5.75 Å². The maximum atomic E-state index is 5.61. The first-order valence-electron chi connectivity index (χ1n) is 9.90. The van der Waals surface area contributed by atoms with E-state index in [4.69, 9.17) is 4.74 Å². The molecule has 0 aliphatic rings. The minimum atomic E-state index is 0. The second-order valence-corrected chi connectivity index (χ2v) is 6.78. The highest BCUT2D eigenvalue weighted by atomic mass is 127. The molecule has 1 aromatic heterocycles. The molecule has 0 bridgehead atoms. The van der Waals surface area contributed by atoms with Gasteiger partial charge in [-0.05, 0) is 48.2 Å². The average Bonchev–Trinajstić information content (AvgIpc) is 3.24. The summed E-state index contributed by atoms with van der Waals surface area (Å²) in [6.07, 6.45) is 3.78. The molecule has 160 valence electrons. The van der Waals surface area contributed by atoms with E-state index in [1.165, 1.54) is 16.7 Å². The average molecular weight is 519 g/mol. The standard InChI is InChI=1S/C23H29N5O.HI/c1-4-29-22-11-10-19(14-18(22)2)15-25-23(24-3)26-16-20-8-5-6-9-21(20)17-28-13-7-12-27-28;/h5-14H,4,15-17H2,1-3H3,(H2,24,25,26);1H. The number of halogens is 1. The van der Waals surface area contributed by atoms with Crippen LogP contribution in [-0.4, -0.2) is 29.4 Å². The third kappa shape index (κ3) is 6.76. The lowest BCUT2D eigenvalue weighted by Crippen LogP contribution is -2.36. The van der Waals surface area contributed by atoms with Crippen LogP contribution in [0.5, 0.6) is 5.75 Å². The highest BCUT2D eigenvalue weighted by Gasteiger charge is 2.06. The Kier molecular flexibility index (Phi) is 9.66. The molecular weight excluding hydrogens is 489 g/mol. The van der Waals surface area contributed by atoms with Gasteiger partial charge in [0.25, 0.3) is 0 Å². The van der Waals surface area contributed by atoms with Crippen molar-refractivity contribution in [1.82, 2.24) is 20.4 Å². The number of aromatic nitrogens is 2. The maximum Gasteiger partial charge on any atom is 0.191 e. The molecule has 2 N–H and O–H groups in total. The number of aliphatic imine (C=N–C) groups is 1. The number of rotatable bonds is 8. The van der Waals surface area contributed by atoms with E-state index in [-0.39, 0.29) is 24.0 Å². The first kappa shape index (κ1) is 23.7. The number of guanidine groups is 1. The topological polar surface area (TPSA) is 63.5 Å². The van der Waals surface area contributed by atoms with Crippen LogP contribution in [-0.2, 0) is 19.6 Å². The Morgan fingerprint density at radius 3 is 2.50 bits per heavy atom. The molecule has 0 aliphatic heterocycles. The van der Waals surface area contributed by atoms with Crippen molar-refractivity contribution in [2.24, 2.45) is 4.99 Å². The van der Waals surface area contributed by atoms with Gasteiger partial charge in [0.2, 0.25) is 0 Å². The Labute approximate surface area is 195 Å². The molecular formula is C23H30IN5O. The smallest absolute Gasteiger partial charge is 0.191 e. The zero-order chi connectivity index (χ0) is 20.5. The molecule has 0 atom stereocenters. The molecule has 3 rings (SSSR count). The lowest BCUT2D eigenvalue weighted by Gasteiger charge is -2.15. The molecule has 3 aromatic rings. The third-order valence-corrected chi connectivity index (χ3v) is 4.68. The summed E-state index contributed by atoms with van der Waals surface area (Å²) in [5, 5.41) is 11.1. The van der Waals surface area contributed by atoms with Crippen molar-refractivity contribution in [3.63, 3.8) is 0 Å². The van der Waals surface area contributed by atoms with Gasteiger partial charge in [0.15, 0.2) is 5.96 Å². The van der Waals surface area contributed by atoms with E-state index < -0.39 is 0 Å². The van der Waals surface area contributed by atoms with Crippen LogP contribution in [0.3, 0.4) is 0 Å². The van der Waals surface area contributed by atoms with Gasteiger partial charge in [-0.1, -0.05) is 36.4 Å². The van der Waals surface area contributed by atoms with Gasteiger partial charge in [-0.15, -0.1) is 24.0 Å². The van der Waals surface area contributed by atoms with E-state index in [0.29, 0.717) is 19.7 Å². The first-order valence-corrected chi connectivity index (χ1v) is 9.90. The lowest BCUT2D eigenvalue weighted by molar-refractivity contribution is 0.338. The number of ether oxygens (including phenoxy) is 1. The van der Waals surface area contributed by atoms with Crippen molar-refractivity contribution >= 4 is 29.9 Å². The summed E-state index contributed by atoms with van der Waals surface area (Å²) in [7, 11) is 1.79. The molecule has 30 heavy (non-hydrogen) atoms. The third-order valence-electron chi connectivity index (χ3n) is 4.68. The lowest BCUT2D eigenvalue weighted by atomic mass is 10.1. The number of nitrogens with zero attached hydrogens (tertiary/aromatic N) is 3. The van der Waals surface area contributed by atoms with Crippen LogP contribution in [0.2, 0.25) is 0 Å². The monoisotopic (exact) mass is 519 g/mol. The number of benzene rings is 2. The van der Waals surface area contributed by atoms with Gasteiger partial charge in [-0.2, -0.15) is 5.10 Å². The van der Waals surface area contributed by atoms with Crippen LogP contribution >= 0.6 is 24.0 Å². The van der Waals surface area contributed by atoms with Crippen LogP contribution in [0.4, 0.5) is 0 Å². The summed E-state index contributed by atoms with van der Waals surface area (Å²) >= 11 is 0. The molecule has 0 spiro atoms. The van der Waals surface area contributed by atoms with Crippen molar-refractivity contribution in [1.29, 1.82) is 0 Å². The Morgan fingerprint density at radius 1 is 1.07 bits per heavy atom. The molecule has 0 radical (unpaired) electrons. The molecule has 0 aliphatic carbocycles. The fourth-order valence-electron chi connectivity index (χ4n) is 3.18. The van der Waals surface area contributed by atoms with E-state index in [1.54, 1.807) is 13.2 Å². The van der Waals surface area contributed by atoms with Crippen molar-refractivity contribution in [2.45, 2.75) is 33.5 Å². The van der Waals surface area contributed by atoms with E-state index in [2.05, 4.69) is 64.0 Å². The zero-order valence-electron chi connectivity index (χ0n) is 17.8. The largest absolute Gasteiger partial charge is 0.494 e. The molecule has 0 saturated heterocycles. The summed E-state index contributed by atoms with van der Waals surface area (Å²) in [5.41, 5.74) is 4.79. The molecule has 0 saturated carbocycles. The highest BCUT2D eigenvalue weighted by molar-refractivity contribution is 14.0. The van der Waals surface area contributed by atoms with Gasteiger partial charge >= 0.3 is 0 Å². The van der Waals surface area contributed by atoms with E-state index in [9.17, 15) is 0 Å². The van der Waals surface area contributed by atoms with Gasteiger partial charge in [-0.3, -0.25) is 9.67 Å². The van der Waals surface area contributed by atoms with Crippen molar-refractivity contribution < 1.29 is 4.74 Å². The summed E-state index contributed by atoms with van der Waals surface area (Å²) in [6, 6.07) is 16.6. The van der Waals surface area contributed by atoms with Crippen LogP contribution in [0, 0.1) is 6.92 Å². The van der Waals surface area contributed by atoms with Crippen LogP contribution in [0.25, 0.3) is 0 Å². The van der Waals surface area contributed by atoms with Crippen LogP contribution in [0.15, 0.2) is 65.9 Å². The molecule has 0 unspecified atom stereocenters. The zero-order valence-corrected chi connectivity index (χ0v) is 20.1. The highest BCUT2D eigenvalue weighted by Crippen LogP contribution is 2.19. The van der Waals surface area contributed by atoms with Gasteiger partial charge in [0, 0.05) is 32.5 Å². The summed E-state index contributed by atoms with van der Waals surface area (Å²) in [5.74, 6) is 1.71. The number of aryl methyl sites for hydroxylation is 1.